The van der Waals surface area contributed by atoms with E-state index in [1.54, 1.807) is 37.3 Å². The van der Waals surface area contributed by atoms with Gasteiger partial charge in [0.15, 0.2) is 12.4 Å². The molecule has 3 aromatic rings. The number of carbonyl (C=O) groups is 1. The van der Waals surface area contributed by atoms with Gasteiger partial charge in [0.2, 0.25) is 0 Å². The largest absolute Gasteiger partial charge is 0.453 e. The first-order valence-corrected chi connectivity index (χ1v) is 14.0. The maximum atomic E-state index is 13.4. The Labute approximate surface area is 246 Å². The van der Waals surface area contributed by atoms with Crippen LogP contribution in [0.2, 0.25) is 0 Å². The van der Waals surface area contributed by atoms with E-state index in [4.69, 9.17) is 23.7 Å². The summed E-state index contributed by atoms with van der Waals surface area (Å²) in [5, 5.41) is 31.5. The first-order valence-electron chi connectivity index (χ1n) is 14.0. The van der Waals surface area contributed by atoms with Crippen molar-refractivity contribution in [3.8, 4) is 0 Å². The highest BCUT2D eigenvalue weighted by molar-refractivity contribution is 5.89. The van der Waals surface area contributed by atoms with Crippen LogP contribution in [0.25, 0.3) is 0 Å². The van der Waals surface area contributed by atoms with Gasteiger partial charge in [0.1, 0.15) is 23.9 Å². The second-order valence-electron chi connectivity index (χ2n) is 10.8. The molecule has 0 aromatic heterocycles. The Morgan fingerprint density at radius 3 is 1.86 bits per heavy atom. The highest BCUT2D eigenvalue weighted by atomic mass is 16.7. The van der Waals surface area contributed by atoms with E-state index in [2.05, 4.69) is 0 Å². The van der Waals surface area contributed by atoms with Crippen molar-refractivity contribution in [2.75, 3.05) is 13.7 Å². The lowest BCUT2D eigenvalue weighted by atomic mass is 9.81. The Morgan fingerprint density at radius 2 is 1.36 bits per heavy atom. The zero-order chi connectivity index (χ0) is 30.1. The summed E-state index contributed by atoms with van der Waals surface area (Å²) in [7, 11) is 1.47. The summed E-state index contributed by atoms with van der Waals surface area (Å²) in [5.41, 5.74) is 0.280. The minimum Gasteiger partial charge on any atom is -0.453 e. The van der Waals surface area contributed by atoms with E-state index in [0.717, 1.165) is 11.1 Å². The molecular weight excluding hydrogens is 540 g/mol. The lowest BCUT2D eigenvalue weighted by Gasteiger charge is -2.48. The molecule has 1 heterocycles. The van der Waals surface area contributed by atoms with Gasteiger partial charge in [-0.2, -0.15) is 0 Å². The van der Waals surface area contributed by atoms with Gasteiger partial charge in [-0.3, -0.25) is 0 Å². The maximum absolute atomic E-state index is 13.4. The number of benzene rings is 3. The van der Waals surface area contributed by atoms with Gasteiger partial charge < -0.3 is 39.0 Å². The minimum absolute atomic E-state index is 0.171. The van der Waals surface area contributed by atoms with Crippen LogP contribution in [-0.4, -0.2) is 77.4 Å². The Morgan fingerprint density at radius 1 is 0.857 bits per heavy atom. The van der Waals surface area contributed by atoms with Crippen molar-refractivity contribution < 1.29 is 43.8 Å². The summed E-state index contributed by atoms with van der Waals surface area (Å²) in [6, 6.07) is 27.6. The molecule has 0 amide bonds. The molecule has 1 aliphatic rings. The van der Waals surface area contributed by atoms with Gasteiger partial charge in [-0.05, 0) is 30.2 Å². The van der Waals surface area contributed by atoms with Gasteiger partial charge in [0.05, 0.1) is 31.5 Å². The van der Waals surface area contributed by atoms with Gasteiger partial charge in [0.25, 0.3) is 0 Å². The topological polar surface area (TPSA) is 124 Å². The summed E-state index contributed by atoms with van der Waals surface area (Å²) < 4.78 is 31.0. The van der Waals surface area contributed by atoms with E-state index < -0.39 is 60.9 Å². The molecule has 0 bridgehead atoms. The predicted octanol–water partition coefficient (Wildman–Crippen LogP) is 3.49. The molecule has 0 aliphatic carbocycles. The number of hydrogen-bond acceptors (Lipinski definition) is 9. The molecule has 0 saturated carbocycles. The third kappa shape index (κ3) is 7.81. The molecule has 0 unspecified atom stereocenters. The van der Waals surface area contributed by atoms with Crippen LogP contribution >= 0.6 is 0 Å². The molecule has 0 spiro atoms. The summed E-state index contributed by atoms with van der Waals surface area (Å²) in [6.45, 7) is 2.66. The Kier molecular flexibility index (Phi) is 11.2. The number of rotatable bonds is 13. The lowest BCUT2D eigenvalue weighted by molar-refractivity contribution is -0.322. The van der Waals surface area contributed by atoms with Crippen molar-refractivity contribution in [1.29, 1.82) is 0 Å². The molecule has 0 radical (unpaired) electrons. The monoisotopic (exact) mass is 580 g/mol. The van der Waals surface area contributed by atoms with Crippen LogP contribution in [-0.2, 0) is 36.9 Å². The number of esters is 1. The van der Waals surface area contributed by atoms with Crippen molar-refractivity contribution in [3.05, 3.63) is 108 Å². The van der Waals surface area contributed by atoms with Crippen LogP contribution in [0.1, 0.15) is 35.3 Å². The summed E-state index contributed by atoms with van der Waals surface area (Å²) >= 11 is 0. The van der Waals surface area contributed by atoms with Crippen LogP contribution in [0.15, 0.2) is 91.0 Å². The standard InChI is InChI=1S/C33H40O9/c1-22(30(35)33(2,37)21-34)26-28(41-31(36)25-17-11-6-12-18-25)27(39-19-23-13-7-4-8-14-23)29(32(38-3)42-26)40-20-24-15-9-5-10-16-24/h4-18,22,26-30,32,34-35,37H,19-21H2,1-3H3/t22-,26+,27-,28+,29+,30+,32-,33-/m0/s1. The van der Waals surface area contributed by atoms with Crippen LogP contribution < -0.4 is 0 Å². The van der Waals surface area contributed by atoms with Crippen molar-refractivity contribution in [1.82, 2.24) is 0 Å². The van der Waals surface area contributed by atoms with E-state index >= 15 is 0 Å². The molecule has 8 atom stereocenters. The van der Waals surface area contributed by atoms with Crippen LogP contribution in [0.4, 0.5) is 0 Å². The quantitative estimate of drug-likeness (QED) is 0.261. The summed E-state index contributed by atoms with van der Waals surface area (Å²) in [6.07, 6.45) is -6.26. The van der Waals surface area contributed by atoms with Gasteiger partial charge in [-0.15, -0.1) is 0 Å². The highest BCUT2D eigenvalue weighted by Gasteiger charge is 2.54. The lowest BCUT2D eigenvalue weighted by Crippen LogP contribution is -2.64. The van der Waals surface area contributed by atoms with E-state index in [1.807, 2.05) is 60.7 Å². The van der Waals surface area contributed by atoms with Crippen molar-refractivity contribution in [3.63, 3.8) is 0 Å². The first kappa shape index (κ1) is 31.8. The molecule has 1 aliphatic heterocycles. The molecule has 9 nitrogen and oxygen atoms in total. The van der Waals surface area contributed by atoms with Crippen molar-refractivity contribution >= 4 is 5.97 Å². The molecule has 3 N–H and O–H groups in total. The number of carbonyl (C=O) groups excluding carboxylic acids is 1. The molecule has 1 saturated heterocycles. The Bertz CT molecular complexity index is 1220. The van der Waals surface area contributed by atoms with Crippen LogP contribution in [0.5, 0.6) is 0 Å². The Hall–Kier alpha value is -3.15. The average Bonchev–Trinajstić information content (AvgIpc) is 3.03. The second-order valence-corrected chi connectivity index (χ2v) is 10.8. The third-order valence-electron chi connectivity index (χ3n) is 7.56. The van der Waals surface area contributed by atoms with Crippen molar-refractivity contribution in [2.24, 2.45) is 5.92 Å². The van der Waals surface area contributed by atoms with E-state index in [1.165, 1.54) is 14.0 Å². The van der Waals surface area contributed by atoms with E-state index in [9.17, 15) is 20.1 Å². The normalized spacial score (nSPS) is 25.2. The van der Waals surface area contributed by atoms with Gasteiger partial charge in [-0.25, -0.2) is 4.79 Å². The fourth-order valence-electron chi connectivity index (χ4n) is 5.09. The number of ether oxygens (including phenoxy) is 5. The van der Waals surface area contributed by atoms with E-state index in [-0.39, 0.29) is 13.2 Å². The molecule has 1 fully saturated rings. The third-order valence-corrected chi connectivity index (χ3v) is 7.56. The van der Waals surface area contributed by atoms with Crippen molar-refractivity contribution in [2.45, 2.75) is 69.5 Å². The SMILES string of the molecule is CO[C@H]1O[C@H]([C@H](C)[C@@H](O)[C@@](C)(O)CO)[C@@H](OC(=O)c2ccccc2)[C@H](OCc2ccccc2)[C@H]1OCc1ccccc1. The highest BCUT2D eigenvalue weighted by Crippen LogP contribution is 2.36. The first-order chi connectivity index (χ1) is 20.2. The number of hydrogen-bond donors (Lipinski definition) is 3. The average molecular weight is 581 g/mol. The van der Waals surface area contributed by atoms with Crippen LogP contribution in [0, 0.1) is 5.92 Å². The Balaban J connectivity index is 1.72. The molecule has 42 heavy (non-hydrogen) atoms. The fourth-order valence-corrected chi connectivity index (χ4v) is 5.09. The summed E-state index contributed by atoms with van der Waals surface area (Å²) in [4.78, 5) is 13.4. The molecule has 4 rings (SSSR count). The number of aliphatic hydroxyl groups excluding tert-OH is 2. The minimum atomic E-state index is -1.85. The smallest absolute Gasteiger partial charge is 0.338 e. The van der Waals surface area contributed by atoms with Gasteiger partial charge >= 0.3 is 5.97 Å². The predicted molar refractivity (Wildman–Crippen MR) is 154 cm³/mol. The van der Waals surface area contributed by atoms with Crippen LogP contribution in [0.3, 0.4) is 0 Å². The van der Waals surface area contributed by atoms with Gasteiger partial charge in [-0.1, -0.05) is 85.8 Å². The summed E-state index contributed by atoms with van der Waals surface area (Å²) in [5.74, 6) is -1.45. The zero-order valence-electron chi connectivity index (χ0n) is 24.1. The number of aliphatic hydroxyl groups is 3. The van der Waals surface area contributed by atoms with E-state index in [0.29, 0.717) is 5.56 Å². The van der Waals surface area contributed by atoms with Gasteiger partial charge in [0, 0.05) is 13.0 Å². The fraction of sp³-hybridized carbons (Fsp3) is 0.424. The maximum Gasteiger partial charge on any atom is 0.338 e. The molecule has 226 valence electrons. The second kappa shape index (κ2) is 14.8. The molecular formula is C33H40O9. The molecule has 9 heteroatoms. The number of methoxy groups -OCH3 is 1. The zero-order valence-corrected chi connectivity index (χ0v) is 24.1. The molecule has 3 aromatic carbocycles.